The lowest BCUT2D eigenvalue weighted by molar-refractivity contribution is -0.385. The molecule has 1 N–H and O–H groups in total. The van der Waals surface area contributed by atoms with Crippen molar-refractivity contribution in [2.24, 2.45) is 0 Å². The van der Waals surface area contributed by atoms with Crippen molar-refractivity contribution in [3.8, 4) is 0 Å². The summed E-state index contributed by atoms with van der Waals surface area (Å²) in [6.07, 6.45) is 0. The van der Waals surface area contributed by atoms with Crippen LogP contribution in [0.3, 0.4) is 0 Å². The number of benzene rings is 3. The molecule has 0 aliphatic carbocycles. The summed E-state index contributed by atoms with van der Waals surface area (Å²) < 4.78 is 1.19. The SMILES string of the molecule is CC(C(=O)O)(N1C(=O)c2ccccc2C1=O)n1c2ccc([N+](=O)[O-])cc2c2cc([N+](=O)[O-])ccc21. The lowest BCUT2D eigenvalue weighted by Crippen LogP contribution is -2.56. The number of hydrogen-bond donors (Lipinski definition) is 1. The van der Waals surface area contributed by atoms with E-state index < -0.39 is 33.3 Å². The number of nitro benzene ring substituents is 2. The maximum atomic E-state index is 13.3. The normalized spacial score (nSPS) is 14.8. The predicted octanol–water partition coefficient (Wildman–Crippen LogP) is 3.66. The van der Waals surface area contributed by atoms with Gasteiger partial charge in [-0.1, -0.05) is 12.1 Å². The average molecular weight is 474 g/mol. The van der Waals surface area contributed by atoms with Gasteiger partial charge in [0, 0.05) is 35.0 Å². The van der Waals surface area contributed by atoms with Gasteiger partial charge in [0.2, 0.25) is 5.66 Å². The van der Waals surface area contributed by atoms with Crippen LogP contribution in [0, 0.1) is 20.2 Å². The molecule has 0 saturated carbocycles. The Hall–Kier alpha value is -5.13. The van der Waals surface area contributed by atoms with Crippen LogP contribution in [-0.2, 0) is 10.5 Å². The molecule has 0 fully saturated rings. The van der Waals surface area contributed by atoms with E-state index in [4.69, 9.17) is 0 Å². The van der Waals surface area contributed by atoms with E-state index >= 15 is 0 Å². The number of amides is 2. The van der Waals surface area contributed by atoms with E-state index in [1.54, 1.807) is 12.1 Å². The van der Waals surface area contributed by atoms with Crippen molar-refractivity contribution in [1.82, 2.24) is 9.47 Å². The fourth-order valence-corrected chi connectivity index (χ4v) is 4.57. The van der Waals surface area contributed by atoms with E-state index in [0.29, 0.717) is 4.90 Å². The van der Waals surface area contributed by atoms with Crippen LogP contribution in [0.15, 0.2) is 60.7 Å². The highest BCUT2D eigenvalue weighted by Crippen LogP contribution is 2.41. The molecule has 3 aromatic carbocycles. The summed E-state index contributed by atoms with van der Waals surface area (Å²) in [5.74, 6) is -3.20. The Labute approximate surface area is 194 Å². The summed E-state index contributed by atoms with van der Waals surface area (Å²) in [6, 6.07) is 13.1. The zero-order valence-corrected chi connectivity index (χ0v) is 17.9. The number of imide groups is 1. The molecule has 35 heavy (non-hydrogen) atoms. The number of aliphatic carboxylic acids is 1. The number of carboxylic acid groups (broad SMARTS) is 1. The topological polar surface area (TPSA) is 166 Å². The quantitative estimate of drug-likeness (QED) is 0.260. The highest BCUT2D eigenvalue weighted by molar-refractivity contribution is 6.23. The first-order valence-corrected chi connectivity index (χ1v) is 10.2. The second-order valence-corrected chi connectivity index (χ2v) is 8.07. The van der Waals surface area contributed by atoms with Crippen LogP contribution in [0.1, 0.15) is 27.6 Å². The summed E-state index contributed by atoms with van der Waals surface area (Å²) >= 11 is 0. The number of carboxylic acids is 1. The molecule has 174 valence electrons. The van der Waals surface area contributed by atoms with E-state index in [-0.39, 0.29) is 44.3 Å². The van der Waals surface area contributed by atoms with Crippen LogP contribution in [0.2, 0.25) is 0 Å². The minimum Gasteiger partial charge on any atom is -0.478 e. The van der Waals surface area contributed by atoms with Gasteiger partial charge in [0.05, 0.1) is 32.0 Å². The summed E-state index contributed by atoms with van der Waals surface area (Å²) in [5.41, 5.74) is -2.62. The molecule has 2 heterocycles. The Kier molecular flexibility index (Phi) is 4.45. The molecular weight excluding hydrogens is 460 g/mol. The van der Waals surface area contributed by atoms with Crippen LogP contribution in [0.5, 0.6) is 0 Å². The maximum absolute atomic E-state index is 13.3. The molecule has 12 nitrogen and oxygen atoms in total. The molecule has 0 radical (unpaired) electrons. The molecule has 4 aromatic rings. The van der Waals surface area contributed by atoms with E-state index in [1.165, 1.54) is 47.9 Å². The first-order valence-electron chi connectivity index (χ1n) is 10.2. The van der Waals surface area contributed by atoms with Crippen LogP contribution in [0.4, 0.5) is 11.4 Å². The fraction of sp³-hybridized carbons (Fsp3) is 0.0870. The monoisotopic (exact) mass is 474 g/mol. The molecule has 0 spiro atoms. The molecule has 1 aromatic heterocycles. The van der Waals surface area contributed by atoms with E-state index in [9.17, 15) is 39.7 Å². The van der Waals surface area contributed by atoms with Crippen molar-refractivity contribution in [2.75, 3.05) is 0 Å². The Bertz CT molecular complexity index is 1550. The van der Waals surface area contributed by atoms with Gasteiger partial charge in [-0.05, 0) is 31.2 Å². The van der Waals surface area contributed by atoms with Crippen LogP contribution >= 0.6 is 0 Å². The second-order valence-electron chi connectivity index (χ2n) is 8.07. The number of fused-ring (bicyclic) bond motifs is 4. The number of nitro groups is 2. The number of non-ortho nitro benzene ring substituents is 2. The van der Waals surface area contributed by atoms with Crippen molar-refractivity contribution in [3.05, 3.63) is 92.0 Å². The van der Waals surface area contributed by atoms with Gasteiger partial charge in [-0.3, -0.25) is 29.8 Å². The summed E-state index contributed by atoms with van der Waals surface area (Å²) in [4.78, 5) is 61.4. The van der Waals surface area contributed by atoms with Crippen LogP contribution in [-0.4, -0.2) is 42.2 Å². The molecule has 0 saturated heterocycles. The van der Waals surface area contributed by atoms with E-state index in [1.807, 2.05) is 0 Å². The Balaban J connectivity index is 1.88. The highest BCUT2D eigenvalue weighted by atomic mass is 16.6. The minimum atomic E-state index is -2.32. The first kappa shape index (κ1) is 21.7. The van der Waals surface area contributed by atoms with E-state index in [0.717, 1.165) is 12.1 Å². The first-order chi connectivity index (χ1) is 16.6. The number of aromatic nitrogens is 1. The van der Waals surface area contributed by atoms with Crippen LogP contribution < -0.4 is 0 Å². The number of rotatable bonds is 5. The lowest BCUT2D eigenvalue weighted by atomic mass is 10.1. The molecule has 0 bridgehead atoms. The van der Waals surface area contributed by atoms with Gasteiger partial charge in [-0.25, -0.2) is 9.69 Å². The molecule has 12 heteroatoms. The molecule has 1 unspecified atom stereocenters. The van der Waals surface area contributed by atoms with Gasteiger partial charge in [-0.2, -0.15) is 0 Å². The van der Waals surface area contributed by atoms with Gasteiger partial charge < -0.3 is 9.67 Å². The second kappa shape index (κ2) is 7.18. The van der Waals surface area contributed by atoms with Gasteiger partial charge in [0.25, 0.3) is 23.2 Å². The standard InChI is InChI=1S/C23H14N4O8/c1-23(22(30)31,25-20(28)14-4-2-3-5-15(14)21(25)29)24-18-8-6-12(26(32)33)10-16(18)17-11-13(27(34)35)7-9-19(17)24/h2-11H,1H3,(H,30,31). The van der Waals surface area contributed by atoms with Crippen molar-refractivity contribution in [3.63, 3.8) is 0 Å². The third kappa shape index (κ3) is 2.83. The largest absolute Gasteiger partial charge is 0.478 e. The molecule has 1 atom stereocenters. The van der Waals surface area contributed by atoms with Crippen molar-refractivity contribution < 1.29 is 29.3 Å². The molecule has 1 aliphatic heterocycles. The van der Waals surface area contributed by atoms with Crippen LogP contribution in [0.25, 0.3) is 21.8 Å². The van der Waals surface area contributed by atoms with E-state index in [2.05, 4.69) is 0 Å². The average Bonchev–Trinajstić information content (AvgIpc) is 3.29. The number of carbonyl (C=O) groups excluding carboxylic acids is 2. The van der Waals surface area contributed by atoms with Gasteiger partial charge >= 0.3 is 5.97 Å². The van der Waals surface area contributed by atoms with Gasteiger partial charge in [-0.15, -0.1) is 0 Å². The summed E-state index contributed by atoms with van der Waals surface area (Å²) in [7, 11) is 0. The zero-order chi connectivity index (χ0) is 25.2. The number of hydrogen-bond acceptors (Lipinski definition) is 7. The molecule has 1 aliphatic rings. The molecule has 2 amide bonds. The number of carbonyl (C=O) groups is 3. The lowest BCUT2D eigenvalue weighted by Gasteiger charge is -2.36. The molecule has 5 rings (SSSR count). The fourth-order valence-electron chi connectivity index (χ4n) is 4.57. The van der Waals surface area contributed by atoms with Crippen molar-refractivity contribution in [2.45, 2.75) is 12.6 Å². The van der Waals surface area contributed by atoms with Crippen molar-refractivity contribution >= 4 is 51.0 Å². The van der Waals surface area contributed by atoms with Crippen molar-refractivity contribution in [1.29, 1.82) is 0 Å². The Morgan fingerprint density at radius 2 is 1.26 bits per heavy atom. The zero-order valence-electron chi connectivity index (χ0n) is 17.9. The maximum Gasteiger partial charge on any atom is 0.351 e. The van der Waals surface area contributed by atoms with Gasteiger partial charge in [0.15, 0.2) is 0 Å². The third-order valence-electron chi connectivity index (χ3n) is 6.22. The smallest absolute Gasteiger partial charge is 0.351 e. The van der Waals surface area contributed by atoms with Gasteiger partial charge in [0.1, 0.15) is 0 Å². The summed E-state index contributed by atoms with van der Waals surface area (Å²) in [6.45, 7) is 1.17. The molecular formula is C23H14N4O8. The predicted molar refractivity (Wildman–Crippen MR) is 121 cm³/mol. The minimum absolute atomic E-state index is 0.0389. The number of nitrogens with zero attached hydrogens (tertiary/aromatic N) is 4. The Morgan fingerprint density at radius 1 is 0.829 bits per heavy atom. The third-order valence-corrected chi connectivity index (χ3v) is 6.22. The Morgan fingerprint density at radius 3 is 1.63 bits per heavy atom. The highest BCUT2D eigenvalue weighted by Gasteiger charge is 2.53. The summed E-state index contributed by atoms with van der Waals surface area (Å²) in [5, 5.41) is 33.5.